The molecule has 0 amide bonds. The molecule has 1 aromatic rings. The summed E-state index contributed by atoms with van der Waals surface area (Å²) in [5.74, 6) is 3.35. The van der Waals surface area contributed by atoms with E-state index in [0.717, 1.165) is 23.7 Å². The summed E-state index contributed by atoms with van der Waals surface area (Å²) in [7, 11) is 1.64. The van der Waals surface area contributed by atoms with Gasteiger partial charge in [-0.25, -0.2) is 23.5 Å². The van der Waals surface area contributed by atoms with Crippen LogP contribution in [0.15, 0.2) is 9.59 Å². The van der Waals surface area contributed by atoms with Crippen molar-refractivity contribution in [2.45, 2.75) is 31.3 Å². The summed E-state index contributed by atoms with van der Waals surface area (Å²) in [5, 5.41) is 0. The SMILES string of the molecule is Cn1c(=O)n2n(c1=O)[C@H]1[C@@H]3[C@@H]4[C@@H]5[C@H]3[C@]13CCC[C@@]53[C@H]42. The molecule has 0 aromatic carbocycles. The van der Waals surface area contributed by atoms with Gasteiger partial charge < -0.3 is 0 Å². The highest BCUT2D eigenvalue weighted by molar-refractivity contribution is 5.49. The van der Waals surface area contributed by atoms with Crippen LogP contribution >= 0.6 is 0 Å². The van der Waals surface area contributed by atoms with Crippen LogP contribution in [-0.4, -0.2) is 13.9 Å². The van der Waals surface area contributed by atoms with Gasteiger partial charge in [-0.1, -0.05) is 6.42 Å². The van der Waals surface area contributed by atoms with E-state index in [-0.39, 0.29) is 11.4 Å². The van der Waals surface area contributed by atoms with E-state index in [2.05, 4.69) is 0 Å². The van der Waals surface area contributed by atoms with Gasteiger partial charge in [0.1, 0.15) is 0 Å². The van der Waals surface area contributed by atoms with Gasteiger partial charge in [-0.3, -0.25) is 0 Å². The van der Waals surface area contributed by atoms with Crippen molar-refractivity contribution < 1.29 is 0 Å². The Balaban J connectivity index is 1.69. The molecule has 98 valence electrons. The van der Waals surface area contributed by atoms with E-state index in [4.69, 9.17) is 0 Å². The Morgan fingerprint density at radius 3 is 1.89 bits per heavy atom. The molecule has 3 heterocycles. The van der Waals surface area contributed by atoms with Crippen LogP contribution in [0.25, 0.3) is 0 Å². The minimum absolute atomic E-state index is 0.0675. The zero-order valence-electron chi connectivity index (χ0n) is 10.7. The van der Waals surface area contributed by atoms with Gasteiger partial charge in [0, 0.05) is 17.9 Å². The molecule has 5 nitrogen and oxygen atoms in total. The molecule has 0 N–H and O–H groups in total. The van der Waals surface area contributed by atoms with Crippen LogP contribution in [0.3, 0.4) is 0 Å². The fourth-order valence-corrected chi connectivity index (χ4v) is 8.48. The van der Waals surface area contributed by atoms with Crippen LogP contribution < -0.4 is 11.4 Å². The quantitative estimate of drug-likeness (QED) is 0.663. The molecular weight excluding hydrogens is 242 g/mol. The molecule has 8 atom stereocenters. The van der Waals surface area contributed by atoms with Crippen LogP contribution in [-0.2, 0) is 7.05 Å². The van der Waals surface area contributed by atoms with Crippen LogP contribution in [0.4, 0.5) is 0 Å². The van der Waals surface area contributed by atoms with Crippen molar-refractivity contribution in [3.8, 4) is 0 Å². The number of hydrogen-bond donors (Lipinski definition) is 0. The maximum absolute atomic E-state index is 12.4. The Kier molecular flexibility index (Phi) is 0.881. The highest BCUT2D eigenvalue weighted by atomic mass is 16.2. The summed E-state index contributed by atoms with van der Waals surface area (Å²) in [4.78, 5) is 24.8. The largest absolute Gasteiger partial charge is 0.347 e. The molecule has 0 saturated heterocycles. The second-order valence-corrected chi connectivity index (χ2v) is 7.84. The molecule has 1 aromatic heterocycles. The Labute approximate surface area is 108 Å². The third-order valence-corrected chi connectivity index (χ3v) is 8.41. The van der Waals surface area contributed by atoms with Gasteiger partial charge >= 0.3 is 11.4 Å². The molecule has 5 aliphatic carbocycles. The highest BCUT2D eigenvalue weighted by Gasteiger charge is 3.03. The molecule has 5 fully saturated rings. The van der Waals surface area contributed by atoms with E-state index in [1.54, 1.807) is 7.05 Å². The maximum atomic E-state index is 12.4. The van der Waals surface area contributed by atoms with Crippen molar-refractivity contribution in [1.29, 1.82) is 0 Å². The Morgan fingerprint density at radius 2 is 1.42 bits per heavy atom. The Morgan fingerprint density at radius 1 is 0.947 bits per heavy atom. The lowest BCUT2D eigenvalue weighted by molar-refractivity contribution is -0.541. The van der Waals surface area contributed by atoms with Gasteiger partial charge in [0.25, 0.3) is 0 Å². The number of nitrogens with zero attached hydrogens (tertiary/aromatic N) is 3. The normalized spacial score (nSPS) is 63.2. The summed E-state index contributed by atoms with van der Waals surface area (Å²) in [6.45, 7) is 0. The average molecular weight is 257 g/mol. The Hall–Kier alpha value is -1.26. The topological polar surface area (TPSA) is 48.9 Å². The molecule has 2 spiro atoms. The number of rotatable bonds is 0. The van der Waals surface area contributed by atoms with Crippen molar-refractivity contribution >= 4 is 0 Å². The Bertz CT molecular complexity index is 765. The van der Waals surface area contributed by atoms with Crippen molar-refractivity contribution in [2.75, 3.05) is 0 Å². The standard InChI is InChI=1S/C14H15N3O2/c1-15-11(18)16-9-5-6-8-7(5)13(9)3-2-4-14(8,13)10(6)17(16)12(15)19/h5-10H,2-4H2,1H3/t5-,6-,7-,8+,9+,10+,13+,14-/m1/s1. The van der Waals surface area contributed by atoms with E-state index in [1.807, 2.05) is 9.36 Å². The molecule has 0 radical (unpaired) electrons. The first kappa shape index (κ1) is 8.82. The lowest BCUT2D eigenvalue weighted by atomic mass is 9.06. The summed E-state index contributed by atoms with van der Waals surface area (Å²) < 4.78 is 5.08. The fourth-order valence-electron chi connectivity index (χ4n) is 8.48. The average Bonchev–Trinajstić information content (AvgIpc) is 2.87. The first-order chi connectivity index (χ1) is 9.18. The summed E-state index contributed by atoms with van der Waals surface area (Å²) in [5.41, 5.74) is 0.753. The molecule has 2 bridgehead atoms. The van der Waals surface area contributed by atoms with Crippen LogP contribution in [0.1, 0.15) is 31.3 Å². The molecule has 19 heavy (non-hydrogen) atoms. The summed E-state index contributed by atoms with van der Waals surface area (Å²) >= 11 is 0. The first-order valence-corrected chi connectivity index (χ1v) is 7.58. The predicted octanol–water partition coefficient (Wildman–Crippen LogP) is 0.120. The summed E-state index contributed by atoms with van der Waals surface area (Å²) in [6, 6.07) is 0.753. The maximum Gasteiger partial charge on any atom is 0.347 e. The monoisotopic (exact) mass is 257 g/mol. The van der Waals surface area contributed by atoms with E-state index in [1.165, 1.54) is 23.8 Å². The molecule has 5 heteroatoms. The molecule has 8 rings (SSSR count). The molecule has 5 saturated carbocycles. The van der Waals surface area contributed by atoms with Gasteiger partial charge in [0.05, 0.1) is 12.1 Å². The van der Waals surface area contributed by atoms with Crippen LogP contribution in [0.2, 0.25) is 0 Å². The van der Waals surface area contributed by atoms with Crippen molar-refractivity contribution in [1.82, 2.24) is 13.9 Å². The van der Waals surface area contributed by atoms with Crippen LogP contribution in [0, 0.1) is 34.5 Å². The van der Waals surface area contributed by atoms with Gasteiger partial charge in [-0.15, -0.1) is 0 Å². The van der Waals surface area contributed by atoms with Gasteiger partial charge in [-0.2, -0.15) is 0 Å². The smallest absolute Gasteiger partial charge is 0.246 e. The molecular formula is C14H15N3O2. The van der Waals surface area contributed by atoms with Gasteiger partial charge in [0.15, 0.2) is 0 Å². The van der Waals surface area contributed by atoms with E-state index < -0.39 is 0 Å². The zero-order chi connectivity index (χ0) is 12.5. The van der Waals surface area contributed by atoms with E-state index in [0.29, 0.717) is 22.9 Å². The minimum atomic E-state index is -0.0675. The zero-order valence-corrected chi connectivity index (χ0v) is 10.7. The van der Waals surface area contributed by atoms with Crippen molar-refractivity contribution in [2.24, 2.45) is 41.5 Å². The number of aromatic nitrogens is 3. The third-order valence-electron chi connectivity index (χ3n) is 8.41. The number of hydrogen-bond acceptors (Lipinski definition) is 2. The van der Waals surface area contributed by atoms with E-state index >= 15 is 0 Å². The highest BCUT2D eigenvalue weighted by Crippen LogP contribution is 3.05. The van der Waals surface area contributed by atoms with Crippen molar-refractivity contribution in [3.05, 3.63) is 21.0 Å². The molecule has 7 aliphatic rings. The van der Waals surface area contributed by atoms with Gasteiger partial charge in [0.2, 0.25) is 0 Å². The molecule has 0 unspecified atom stereocenters. The lowest BCUT2D eigenvalue weighted by Crippen LogP contribution is -2.99. The third kappa shape index (κ3) is 0.432. The van der Waals surface area contributed by atoms with Crippen molar-refractivity contribution in [3.63, 3.8) is 0 Å². The first-order valence-electron chi connectivity index (χ1n) is 7.58. The van der Waals surface area contributed by atoms with Gasteiger partial charge in [-0.05, 0) is 36.5 Å². The second kappa shape index (κ2) is 1.90. The minimum Gasteiger partial charge on any atom is -0.246 e. The predicted molar refractivity (Wildman–Crippen MR) is 64.7 cm³/mol. The molecule has 2 aliphatic heterocycles. The van der Waals surface area contributed by atoms with E-state index in [9.17, 15) is 9.59 Å². The fraction of sp³-hybridized carbons (Fsp3) is 0.857. The summed E-state index contributed by atoms with van der Waals surface area (Å²) in [6.07, 6.45) is 3.95. The second-order valence-electron chi connectivity index (χ2n) is 7.84. The lowest BCUT2D eigenvalue weighted by Gasteiger charge is -3.00. The van der Waals surface area contributed by atoms with Crippen LogP contribution in [0.5, 0.6) is 0 Å².